The fourth-order valence-electron chi connectivity index (χ4n) is 5.30. The van der Waals surface area contributed by atoms with Crippen LogP contribution in [-0.4, -0.2) is 54.1 Å². The third kappa shape index (κ3) is 4.93. The van der Waals surface area contributed by atoms with Gasteiger partial charge in [0, 0.05) is 31.1 Å². The molecule has 1 heterocycles. The van der Waals surface area contributed by atoms with Gasteiger partial charge >= 0.3 is 12.1 Å². The van der Waals surface area contributed by atoms with E-state index < -0.39 is 18.1 Å². The lowest BCUT2D eigenvalue weighted by atomic mass is 9.98. The molecule has 0 saturated carbocycles. The molecule has 7 heteroatoms. The molecule has 1 atom stereocenters. The van der Waals surface area contributed by atoms with E-state index in [4.69, 9.17) is 4.74 Å². The van der Waals surface area contributed by atoms with Gasteiger partial charge in [-0.3, -0.25) is 0 Å². The number of hydrogen-bond acceptors (Lipinski definition) is 5. The second-order valence-corrected chi connectivity index (χ2v) is 9.41. The molecule has 3 aromatic carbocycles. The number of carboxylic acid groups (broad SMARTS) is 1. The summed E-state index contributed by atoms with van der Waals surface area (Å²) < 4.78 is 5.56. The molecule has 7 nitrogen and oxygen atoms in total. The molecule has 1 unspecified atom stereocenters. The molecular weight excluding hydrogens is 456 g/mol. The third-order valence-corrected chi connectivity index (χ3v) is 7.15. The Morgan fingerprint density at radius 3 is 2.14 bits per heavy atom. The molecule has 36 heavy (non-hydrogen) atoms. The Kier molecular flexibility index (Phi) is 6.91. The largest absolute Gasteiger partial charge is 0.480 e. The number of nitrogens with zero attached hydrogens (tertiary/aromatic N) is 1. The summed E-state index contributed by atoms with van der Waals surface area (Å²) in [7, 11) is 0. The van der Waals surface area contributed by atoms with Crippen molar-refractivity contribution < 1.29 is 24.5 Å². The highest BCUT2D eigenvalue weighted by Crippen LogP contribution is 2.44. The van der Waals surface area contributed by atoms with Crippen LogP contribution in [0.2, 0.25) is 0 Å². The van der Waals surface area contributed by atoms with Crippen molar-refractivity contribution in [1.82, 2.24) is 5.32 Å². The number of piperidine rings is 1. The minimum absolute atomic E-state index is 0.0957. The van der Waals surface area contributed by atoms with E-state index in [0.717, 1.165) is 33.5 Å². The Balaban J connectivity index is 1.25. The van der Waals surface area contributed by atoms with Crippen molar-refractivity contribution in [1.29, 1.82) is 0 Å². The van der Waals surface area contributed by atoms with Gasteiger partial charge < -0.3 is 25.2 Å². The lowest BCUT2D eigenvalue weighted by Gasteiger charge is -2.33. The van der Waals surface area contributed by atoms with E-state index >= 15 is 0 Å². The van der Waals surface area contributed by atoms with E-state index in [9.17, 15) is 19.8 Å². The summed E-state index contributed by atoms with van der Waals surface area (Å²) >= 11 is 0. The van der Waals surface area contributed by atoms with Crippen LogP contribution in [0.15, 0.2) is 72.8 Å². The van der Waals surface area contributed by atoms with Gasteiger partial charge in [0.2, 0.25) is 0 Å². The van der Waals surface area contributed by atoms with Gasteiger partial charge in [-0.2, -0.15) is 0 Å². The lowest BCUT2D eigenvalue weighted by molar-refractivity contribution is -0.139. The molecule has 1 saturated heterocycles. The fraction of sp³-hybridized carbons (Fsp3) is 0.310. The van der Waals surface area contributed by atoms with Crippen molar-refractivity contribution in [2.75, 3.05) is 24.6 Å². The standard InChI is InChI=1S/C29H30N2O5/c32-20-13-15-31(16-14-20)27-12-6-1-7-19(27)17-26(28(33)34)30-29(35)36-18-25-23-10-4-2-8-21(23)22-9-3-5-11-24(22)25/h1-12,20,25-26,32H,13-18H2,(H,30,35)(H,33,34). The number of anilines is 1. The molecule has 0 radical (unpaired) electrons. The van der Waals surface area contributed by atoms with Gasteiger partial charge in [-0.1, -0.05) is 66.7 Å². The number of nitrogens with one attached hydrogen (secondary N) is 1. The summed E-state index contributed by atoms with van der Waals surface area (Å²) in [5.41, 5.74) is 6.23. The smallest absolute Gasteiger partial charge is 0.407 e. The summed E-state index contributed by atoms with van der Waals surface area (Å²) in [6.07, 6.45) is 0.441. The first-order valence-electron chi connectivity index (χ1n) is 12.4. The minimum Gasteiger partial charge on any atom is -0.480 e. The Labute approximate surface area is 210 Å². The van der Waals surface area contributed by atoms with Gasteiger partial charge in [0.1, 0.15) is 12.6 Å². The number of carbonyl (C=O) groups excluding carboxylic acids is 1. The number of fused-ring (bicyclic) bond motifs is 3. The molecular formula is C29H30N2O5. The van der Waals surface area contributed by atoms with Crippen molar-refractivity contribution in [3.63, 3.8) is 0 Å². The minimum atomic E-state index is -1.13. The molecule has 1 fully saturated rings. The van der Waals surface area contributed by atoms with Gasteiger partial charge in [0.15, 0.2) is 0 Å². The molecule has 3 aromatic rings. The number of carbonyl (C=O) groups is 2. The van der Waals surface area contributed by atoms with Gasteiger partial charge in [-0.15, -0.1) is 0 Å². The van der Waals surface area contributed by atoms with Crippen LogP contribution in [0.1, 0.15) is 35.4 Å². The topological polar surface area (TPSA) is 99.1 Å². The number of benzene rings is 3. The maximum Gasteiger partial charge on any atom is 0.407 e. The van der Waals surface area contributed by atoms with Crippen LogP contribution in [0.3, 0.4) is 0 Å². The number of rotatable bonds is 7. The maximum absolute atomic E-state index is 12.7. The number of carboxylic acids is 1. The number of amides is 1. The van der Waals surface area contributed by atoms with Crippen LogP contribution in [0.25, 0.3) is 11.1 Å². The van der Waals surface area contributed by atoms with Crippen LogP contribution in [0.5, 0.6) is 0 Å². The molecule has 186 valence electrons. The molecule has 0 spiro atoms. The number of ether oxygens (including phenoxy) is 1. The normalized spacial score (nSPS) is 16.2. The quantitative estimate of drug-likeness (QED) is 0.463. The van der Waals surface area contributed by atoms with Gasteiger partial charge in [-0.25, -0.2) is 9.59 Å². The average molecular weight is 487 g/mol. The molecule has 2 aliphatic rings. The van der Waals surface area contributed by atoms with E-state index in [2.05, 4.69) is 22.3 Å². The number of para-hydroxylation sites is 1. The predicted molar refractivity (Wildman–Crippen MR) is 137 cm³/mol. The molecule has 5 rings (SSSR count). The highest BCUT2D eigenvalue weighted by molar-refractivity contribution is 5.81. The monoisotopic (exact) mass is 486 g/mol. The van der Waals surface area contributed by atoms with Crippen LogP contribution in [0, 0.1) is 0 Å². The number of hydrogen-bond donors (Lipinski definition) is 3. The summed E-state index contributed by atoms with van der Waals surface area (Å²) in [5, 5.41) is 22.2. The zero-order valence-corrected chi connectivity index (χ0v) is 20.0. The molecule has 0 aromatic heterocycles. The summed E-state index contributed by atoms with van der Waals surface area (Å²) in [5.74, 6) is -1.21. The van der Waals surface area contributed by atoms with Crippen LogP contribution >= 0.6 is 0 Å². The van der Waals surface area contributed by atoms with E-state index in [1.165, 1.54) is 0 Å². The summed E-state index contributed by atoms with van der Waals surface area (Å²) in [6.45, 7) is 1.53. The first kappa shape index (κ1) is 23.9. The Bertz CT molecular complexity index is 1210. The lowest BCUT2D eigenvalue weighted by Crippen LogP contribution is -2.43. The zero-order chi connectivity index (χ0) is 25.1. The maximum atomic E-state index is 12.7. The Hall–Kier alpha value is -3.84. The van der Waals surface area contributed by atoms with E-state index in [1.807, 2.05) is 60.7 Å². The van der Waals surface area contributed by atoms with Crippen molar-refractivity contribution in [2.24, 2.45) is 0 Å². The van der Waals surface area contributed by atoms with E-state index in [-0.39, 0.29) is 25.0 Å². The Morgan fingerprint density at radius 1 is 0.917 bits per heavy atom. The van der Waals surface area contributed by atoms with Crippen molar-refractivity contribution >= 4 is 17.7 Å². The van der Waals surface area contributed by atoms with Crippen LogP contribution < -0.4 is 10.2 Å². The zero-order valence-electron chi connectivity index (χ0n) is 20.0. The highest BCUT2D eigenvalue weighted by Gasteiger charge is 2.30. The molecule has 1 aliphatic carbocycles. The first-order valence-corrected chi connectivity index (χ1v) is 12.4. The summed E-state index contributed by atoms with van der Waals surface area (Å²) in [6, 6.07) is 22.6. The third-order valence-electron chi connectivity index (χ3n) is 7.15. The van der Waals surface area contributed by atoms with Crippen molar-refractivity contribution in [2.45, 2.75) is 37.3 Å². The number of alkyl carbamates (subject to hydrolysis) is 1. The predicted octanol–water partition coefficient (Wildman–Crippen LogP) is 4.18. The number of aliphatic hydroxyl groups is 1. The Morgan fingerprint density at radius 2 is 1.50 bits per heavy atom. The van der Waals surface area contributed by atoms with Crippen molar-refractivity contribution in [3.8, 4) is 11.1 Å². The van der Waals surface area contributed by atoms with Crippen LogP contribution in [-0.2, 0) is 16.0 Å². The fourth-order valence-corrected chi connectivity index (χ4v) is 5.30. The molecule has 3 N–H and O–H groups in total. The molecule has 0 bridgehead atoms. The average Bonchev–Trinajstić information content (AvgIpc) is 3.21. The van der Waals surface area contributed by atoms with Crippen molar-refractivity contribution in [3.05, 3.63) is 89.5 Å². The van der Waals surface area contributed by atoms with E-state index in [1.54, 1.807) is 0 Å². The van der Waals surface area contributed by atoms with E-state index in [0.29, 0.717) is 25.9 Å². The second-order valence-electron chi connectivity index (χ2n) is 9.41. The number of aliphatic hydroxyl groups excluding tert-OH is 1. The molecule has 1 amide bonds. The van der Waals surface area contributed by atoms with Gasteiger partial charge in [-0.05, 0) is 46.7 Å². The summed E-state index contributed by atoms with van der Waals surface area (Å²) in [4.78, 5) is 26.9. The van der Waals surface area contributed by atoms with Crippen LogP contribution in [0.4, 0.5) is 10.5 Å². The van der Waals surface area contributed by atoms with Gasteiger partial charge in [0.05, 0.1) is 6.10 Å². The highest BCUT2D eigenvalue weighted by atomic mass is 16.5. The SMILES string of the molecule is O=C(NC(Cc1ccccc1N1CCC(O)CC1)C(=O)O)OCC1c2ccccc2-c2ccccc21. The molecule has 1 aliphatic heterocycles. The second kappa shape index (κ2) is 10.4. The number of aliphatic carboxylic acids is 1. The van der Waals surface area contributed by atoms with Gasteiger partial charge in [0.25, 0.3) is 0 Å². The first-order chi connectivity index (χ1) is 17.5.